The van der Waals surface area contributed by atoms with Gasteiger partial charge < -0.3 is 0 Å². The second kappa shape index (κ2) is 7.63. The second-order valence-electron chi connectivity index (χ2n) is 5.26. The molecule has 0 amide bonds. The topological polar surface area (TPSA) is 46.2 Å². The number of benzene rings is 1. The van der Waals surface area contributed by atoms with Gasteiger partial charge in [-0.2, -0.15) is 0 Å². The molecule has 116 valence electrons. The van der Waals surface area contributed by atoms with E-state index >= 15 is 0 Å². The van der Waals surface area contributed by atoms with Crippen molar-refractivity contribution in [1.82, 2.24) is 4.72 Å². The van der Waals surface area contributed by atoms with Crippen molar-refractivity contribution in [3.05, 3.63) is 45.5 Å². The van der Waals surface area contributed by atoms with E-state index in [2.05, 4.69) is 10.8 Å². The Hall–Kier alpha value is -0.550. The number of hydrogen-bond donors (Lipinski definition) is 1. The molecule has 0 saturated heterocycles. The van der Waals surface area contributed by atoms with Gasteiger partial charge in [0.05, 0.1) is 15.8 Å². The molecule has 21 heavy (non-hydrogen) atoms. The molecule has 0 heterocycles. The minimum Gasteiger partial charge on any atom is -0.215 e. The summed E-state index contributed by atoms with van der Waals surface area (Å²) in [6.45, 7) is 0.454. The average molecular weight is 348 g/mol. The number of hydrogen-bond acceptors (Lipinski definition) is 2. The van der Waals surface area contributed by atoms with Crippen molar-refractivity contribution in [1.29, 1.82) is 0 Å². The van der Waals surface area contributed by atoms with Gasteiger partial charge in [-0.05, 0) is 49.8 Å². The van der Waals surface area contributed by atoms with Crippen LogP contribution in [0.4, 0.5) is 0 Å². The zero-order valence-corrected chi connectivity index (χ0v) is 14.1. The van der Waals surface area contributed by atoms with Crippen molar-refractivity contribution in [2.45, 2.75) is 37.9 Å². The van der Waals surface area contributed by atoms with Gasteiger partial charge in [0.25, 0.3) is 0 Å². The Labute approximate surface area is 136 Å². The fourth-order valence-corrected chi connectivity index (χ4v) is 3.85. The summed E-state index contributed by atoms with van der Waals surface area (Å²) >= 11 is 11.7. The average Bonchev–Trinajstić information content (AvgIpc) is 2.43. The zero-order chi connectivity index (χ0) is 15.3. The fraction of sp³-hybridized carbons (Fsp3) is 0.467. The highest BCUT2D eigenvalue weighted by Crippen LogP contribution is 2.23. The monoisotopic (exact) mass is 347 g/mol. The van der Waals surface area contributed by atoms with Crippen LogP contribution in [0.15, 0.2) is 29.8 Å². The molecule has 0 unspecified atom stereocenters. The maximum absolute atomic E-state index is 12.0. The van der Waals surface area contributed by atoms with Crippen LogP contribution in [0.3, 0.4) is 0 Å². The van der Waals surface area contributed by atoms with Crippen LogP contribution >= 0.6 is 23.2 Å². The van der Waals surface area contributed by atoms with Crippen molar-refractivity contribution in [3.63, 3.8) is 0 Å². The maximum Gasteiger partial charge on any atom is 0.215 e. The second-order valence-corrected chi connectivity index (χ2v) is 7.88. The van der Waals surface area contributed by atoms with Gasteiger partial charge in [0.2, 0.25) is 10.0 Å². The van der Waals surface area contributed by atoms with Crippen LogP contribution in [0.2, 0.25) is 10.0 Å². The van der Waals surface area contributed by atoms with E-state index in [0.717, 1.165) is 19.3 Å². The van der Waals surface area contributed by atoms with Crippen molar-refractivity contribution in [2.75, 3.05) is 6.54 Å². The third-order valence-corrected chi connectivity index (χ3v) is 5.59. The van der Waals surface area contributed by atoms with E-state index in [0.29, 0.717) is 22.2 Å². The molecule has 0 fully saturated rings. The van der Waals surface area contributed by atoms with Gasteiger partial charge >= 0.3 is 0 Å². The Morgan fingerprint density at radius 1 is 1.14 bits per heavy atom. The van der Waals surface area contributed by atoms with Crippen molar-refractivity contribution in [2.24, 2.45) is 0 Å². The molecule has 0 saturated carbocycles. The normalized spacial score (nSPS) is 15.8. The Kier molecular flexibility index (Phi) is 6.11. The maximum atomic E-state index is 12.0. The van der Waals surface area contributed by atoms with Gasteiger partial charge in [0, 0.05) is 6.54 Å². The van der Waals surface area contributed by atoms with Crippen LogP contribution in [0.25, 0.3) is 0 Å². The Morgan fingerprint density at radius 2 is 1.95 bits per heavy atom. The molecule has 0 radical (unpaired) electrons. The van der Waals surface area contributed by atoms with Gasteiger partial charge in [-0.1, -0.05) is 40.9 Å². The van der Waals surface area contributed by atoms with E-state index in [1.807, 2.05) is 0 Å². The van der Waals surface area contributed by atoms with E-state index in [1.54, 1.807) is 18.2 Å². The van der Waals surface area contributed by atoms with Crippen LogP contribution in [0, 0.1) is 0 Å². The molecule has 1 aliphatic carbocycles. The van der Waals surface area contributed by atoms with Crippen molar-refractivity contribution < 1.29 is 8.42 Å². The van der Waals surface area contributed by atoms with Gasteiger partial charge in [-0.15, -0.1) is 0 Å². The molecule has 0 aliphatic heterocycles. The fourth-order valence-electron chi connectivity index (χ4n) is 2.40. The highest BCUT2D eigenvalue weighted by Gasteiger charge is 2.13. The van der Waals surface area contributed by atoms with Crippen molar-refractivity contribution >= 4 is 33.2 Å². The first-order valence-corrected chi connectivity index (χ1v) is 9.46. The minimum atomic E-state index is -3.34. The zero-order valence-electron chi connectivity index (χ0n) is 11.7. The van der Waals surface area contributed by atoms with E-state index in [-0.39, 0.29) is 5.75 Å². The lowest BCUT2D eigenvalue weighted by Gasteiger charge is -2.13. The van der Waals surface area contributed by atoms with Gasteiger partial charge in [0.15, 0.2) is 0 Å². The molecule has 0 spiro atoms. The molecule has 0 bridgehead atoms. The van der Waals surface area contributed by atoms with Gasteiger partial charge in [-0.3, -0.25) is 0 Å². The molecule has 1 aromatic carbocycles. The number of halogens is 2. The largest absolute Gasteiger partial charge is 0.215 e. The molecule has 2 rings (SSSR count). The molecule has 3 nitrogen and oxygen atoms in total. The molecular weight excluding hydrogens is 329 g/mol. The van der Waals surface area contributed by atoms with E-state index in [1.165, 1.54) is 18.4 Å². The standard InChI is InChI=1S/C15H19Cl2NO2S/c16-14-7-6-13(10-15(14)17)11-21(19,20)18-9-8-12-4-2-1-3-5-12/h4,6-7,10,18H,1-3,5,8-9,11H2. The van der Waals surface area contributed by atoms with Crippen LogP contribution in [0.5, 0.6) is 0 Å². The number of nitrogens with one attached hydrogen (secondary N) is 1. The highest BCUT2D eigenvalue weighted by molar-refractivity contribution is 7.88. The quantitative estimate of drug-likeness (QED) is 0.779. The van der Waals surface area contributed by atoms with Gasteiger partial charge in [-0.25, -0.2) is 13.1 Å². The molecule has 0 atom stereocenters. The summed E-state index contributed by atoms with van der Waals surface area (Å²) in [6.07, 6.45) is 7.69. The molecular formula is C15H19Cl2NO2S. The number of allylic oxidation sites excluding steroid dienone is 1. The first-order chi connectivity index (χ1) is 9.96. The van der Waals surface area contributed by atoms with E-state index in [9.17, 15) is 8.42 Å². The Morgan fingerprint density at radius 3 is 2.62 bits per heavy atom. The first kappa shape index (κ1) is 16.8. The first-order valence-electron chi connectivity index (χ1n) is 7.05. The number of rotatable bonds is 6. The van der Waals surface area contributed by atoms with Crippen LogP contribution < -0.4 is 4.72 Å². The third-order valence-electron chi connectivity index (χ3n) is 3.49. The predicted octanol–water partition coefficient (Wildman–Crippen LogP) is 4.30. The summed E-state index contributed by atoms with van der Waals surface area (Å²) in [4.78, 5) is 0. The summed E-state index contributed by atoms with van der Waals surface area (Å²) in [5.74, 6) is -0.0804. The van der Waals surface area contributed by atoms with Crippen LogP contribution in [-0.2, 0) is 15.8 Å². The van der Waals surface area contributed by atoms with Crippen LogP contribution in [-0.4, -0.2) is 15.0 Å². The van der Waals surface area contributed by atoms with Crippen LogP contribution in [0.1, 0.15) is 37.7 Å². The predicted molar refractivity (Wildman–Crippen MR) is 88.3 cm³/mol. The SMILES string of the molecule is O=S(=O)(Cc1ccc(Cl)c(Cl)c1)NCCC1=CCCCC1. The lowest BCUT2D eigenvalue weighted by Crippen LogP contribution is -2.26. The molecule has 6 heteroatoms. The summed E-state index contributed by atoms with van der Waals surface area (Å²) in [5, 5.41) is 0.798. The highest BCUT2D eigenvalue weighted by atomic mass is 35.5. The Bertz CT molecular complexity index is 627. The number of sulfonamides is 1. The third kappa shape index (κ3) is 5.62. The minimum absolute atomic E-state index is 0.0804. The van der Waals surface area contributed by atoms with Gasteiger partial charge in [0.1, 0.15) is 0 Å². The smallest absolute Gasteiger partial charge is 0.215 e. The lowest BCUT2D eigenvalue weighted by atomic mass is 9.97. The summed E-state index contributed by atoms with van der Waals surface area (Å²) in [6, 6.07) is 4.88. The molecule has 1 aliphatic rings. The lowest BCUT2D eigenvalue weighted by molar-refractivity contribution is 0.578. The Balaban J connectivity index is 1.86. The summed E-state index contributed by atoms with van der Waals surface area (Å²) in [7, 11) is -3.34. The van der Waals surface area contributed by atoms with E-state index in [4.69, 9.17) is 23.2 Å². The molecule has 1 aromatic rings. The molecule has 1 N–H and O–H groups in total. The molecule has 0 aromatic heterocycles. The van der Waals surface area contributed by atoms with Crippen molar-refractivity contribution in [3.8, 4) is 0 Å². The summed E-state index contributed by atoms with van der Waals surface area (Å²) < 4.78 is 26.7. The summed E-state index contributed by atoms with van der Waals surface area (Å²) in [5.41, 5.74) is 1.99. The van der Waals surface area contributed by atoms with E-state index < -0.39 is 10.0 Å².